The third kappa shape index (κ3) is 5.50. The minimum absolute atomic E-state index is 0.195. The second-order valence-electron chi connectivity index (χ2n) is 2.25. The molecule has 0 radical (unpaired) electrons. The van der Waals surface area contributed by atoms with Crippen molar-refractivity contribution in [2.45, 2.75) is 19.8 Å². The Balaban J connectivity index is 2.96. The SMILES string of the molecule is COCCC[C@H](C)C=O. The van der Waals surface area contributed by atoms with Crippen LogP contribution < -0.4 is 0 Å². The molecule has 0 aromatic heterocycles. The van der Waals surface area contributed by atoms with Crippen molar-refractivity contribution in [3.05, 3.63) is 0 Å². The molecule has 0 heterocycles. The van der Waals surface area contributed by atoms with Gasteiger partial charge in [0.05, 0.1) is 0 Å². The predicted molar refractivity (Wildman–Crippen MR) is 36.3 cm³/mol. The number of carbonyl (C=O) groups is 1. The molecular formula is C7H14O2. The van der Waals surface area contributed by atoms with Crippen LogP contribution in [0.5, 0.6) is 0 Å². The molecule has 2 heteroatoms. The minimum Gasteiger partial charge on any atom is -0.385 e. The van der Waals surface area contributed by atoms with Crippen molar-refractivity contribution in [2.75, 3.05) is 13.7 Å². The number of ether oxygens (including phenoxy) is 1. The van der Waals surface area contributed by atoms with Crippen LogP contribution in [0.1, 0.15) is 19.8 Å². The summed E-state index contributed by atoms with van der Waals surface area (Å²) in [6.45, 7) is 2.68. The Morgan fingerprint density at radius 2 is 2.33 bits per heavy atom. The Labute approximate surface area is 56.2 Å². The molecule has 0 aliphatic rings. The largest absolute Gasteiger partial charge is 0.385 e. The van der Waals surface area contributed by atoms with Gasteiger partial charge in [-0.2, -0.15) is 0 Å². The second kappa shape index (κ2) is 5.76. The Morgan fingerprint density at radius 3 is 2.78 bits per heavy atom. The lowest BCUT2D eigenvalue weighted by atomic mass is 10.1. The molecule has 54 valence electrons. The first-order valence-corrected chi connectivity index (χ1v) is 3.25. The Hall–Kier alpha value is -0.370. The highest BCUT2D eigenvalue weighted by atomic mass is 16.5. The van der Waals surface area contributed by atoms with Gasteiger partial charge in [-0.05, 0) is 12.8 Å². The third-order valence-corrected chi connectivity index (χ3v) is 1.24. The van der Waals surface area contributed by atoms with Gasteiger partial charge in [0.25, 0.3) is 0 Å². The Bertz CT molecular complexity index is 71.3. The lowest BCUT2D eigenvalue weighted by Gasteiger charge is -2.00. The fraction of sp³-hybridized carbons (Fsp3) is 0.857. The minimum atomic E-state index is 0.195. The Morgan fingerprint density at radius 1 is 1.67 bits per heavy atom. The van der Waals surface area contributed by atoms with Crippen molar-refractivity contribution in [1.29, 1.82) is 0 Å². The maximum atomic E-state index is 10.1. The van der Waals surface area contributed by atoms with Crippen molar-refractivity contribution in [3.8, 4) is 0 Å². The van der Waals surface area contributed by atoms with E-state index >= 15 is 0 Å². The van der Waals surface area contributed by atoms with Crippen LogP contribution in [0.2, 0.25) is 0 Å². The number of carbonyl (C=O) groups excluding carboxylic acids is 1. The summed E-state index contributed by atoms with van der Waals surface area (Å²) in [4.78, 5) is 10.1. The molecule has 0 bridgehead atoms. The normalized spacial score (nSPS) is 13.1. The van der Waals surface area contributed by atoms with E-state index in [4.69, 9.17) is 4.74 Å². The number of hydrogen-bond donors (Lipinski definition) is 0. The number of hydrogen-bond acceptors (Lipinski definition) is 2. The van der Waals surface area contributed by atoms with Crippen molar-refractivity contribution < 1.29 is 9.53 Å². The number of aldehydes is 1. The van der Waals surface area contributed by atoms with Gasteiger partial charge in [0, 0.05) is 19.6 Å². The summed E-state index contributed by atoms with van der Waals surface area (Å²) in [5, 5.41) is 0. The topological polar surface area (TPSA) is 26.3 Å². The molecule has 0 amide bonds. The van der Waals surface area contributed by atoms with Crippen LogP contribution in [-0.4, -0.2) is 20.0 Å². The summed E-state index contributed by atoms with van der Waals surface area (Å²) in [5.74, 6) is 0.195. The van der Waals surface area contributed by atoms with Gasteiger partial charge in [-0.25, -0.2) is 0 Å². The van der Waals surface area contributed by atoms with Gasteiger partial charge in [0.2, 0.25) is 0 Å². The van der Waals surface area contributed by atoms with Crippen LogP contribution in [-0.2, 0) is 9.53 Å². The molecule has 0 aliphatic heterocycles. The highest BCUT2D eigenvalue weighted by molar-refractivity contribution is 5.52. The fourth-order valence-corrected chi connectivity index (χ4v) is 0.618. The Kier molecular flexibility index (Phi) is 5.52. The molecule has 0 aliphatic carbocycles. The van der Waals surface area contributed by atoms with Gasteiger partial charge in [-0.15, -0.1) is 0 Å². The fourth-order valence-electron chi connectivity index (χ4n) is 0.618. The van der Waals surface area contributed by atoms with Gasteiger partial charge in [0.1, 0.15) is 6.29 Å². The quantitative estimate of drug-likeness (QED) is 0.413. The molecule has 1 atom stereocenters. The van der Waals surface area contributed by atoms with E-state index in [0.29, 0.717) is 0 Å². The van der Waals surface area contributed by atoms with Gasteiger partial charge >= 0.3 is 0 Å². The summed E-state index contributed by atoms with van der Waals surface area (Å²) in [6, 6.07) is 0. The van der Waals surface area contributed by atoms with Gasteiger partial charge in [0.15, 0.2) is 0 Å². The first-order valence-electron chi connectivity index (χ1n) is 3.25. The maximum Gasteiger partial charge on any atom is 0.122 e. The summed E-state index contributed by atoms with van der Waals surface area (Å²) in [7, 11) is 1.67. The summed E-state index contributed by atoms with van der Waals surface area (Å²) >= 11 is 0. The lowest BCUT2D eigenvalue weighted by Crippen LogP contribution is -1.97. The van der Waals surface area contributed by atoms with E-state index < -0.39 is 0 Å². The van der Waals surface area contributed by atoms with E-state index in [2.05, 4.69) is 0 Å². The molecule has 2 nitrogen and oxygen atoms in total. The smallest absolute Gasteiger partial charge is 0.122 e. The van der Waals surface area contributed by atoms with Crippen LogP contribution in [0.4, 0.5) is 0 Å². The van der Waals surface area contributed by atoms with Crippen LogP contribution in [0.3, 0.4) is 0 Å². The zero-order chi connectivity index (χ0) is 7.11. The average molecular weight is 130 g/mol. The number of rotatable bonds is 5. The van der Waals surface area contributed by atoms with Crippen LogP contribution >= 0.6 is 0 Å². The second-order valence-corrected chi connectivity index (χ2v) is 2.25. The molecule has 0 fully saturated rings. The molecule has 0 unspecified atom stereocenters. The molecular weight excluding hydrogens is 116 g/mol. The molecule has 0 aromatic rings. The highest BCUT2D eigenvalue weighted by Gasteiger charge is 1.96. The van der Waals surface area contributed by atoms with Gasteiger partial charge in [-0.3, -0.25) is 0 Å². The summed E-state index contributed by atoms with van der Waals surface area (Å²) < 4.78 is 4.82. The molecule has 9 heavy (non-hydrogen) atoms. The van der Waals surface area contributed by atoms with Crippen LogP contribution in [0, 0.1) is 5.92 Å². The van der Waals surface area contributed by atoms with Gasteiger partial charge < -0.3 is 9.53 Å². The average Bonchev–Trinajstić information content (AvgIpc) is 1.89. The molecule has 0 saturated heterocycles. The molecule has 0 rings (SSSR count). The lowest BCUT2D eigenvalue weighted by molar-refractivity contribution is -0.110. The molecule has 0 aromatic carbocycles. The first kappa shape index (κ1) is 8.63. The molecule has 0 saturated carbocycles. The van der Waals surface area contributed by atoms with Crippen LogP contribution in [0.25, 0.3) is 0 Å². The maximum absolute atomic E-state index is 10.1. The van der Waals surface area contributed by atoms with Crippen molar-refractivity contribution >= 4 is 6.29 Å². The van der Waals surface area contributed by atoms with E-state index in [-0.39, 0.29) is 5.92 Å². The highest BCUT2D eigenvalue weighted by Crippen LogP contribution is 2.00. The predicted octanol–water partition coefficient (Wildman–Crippen LogP) is 1.25. The zero-order valence-electron chi connectivity index (χ0n) is 6.09. The van der Waals surface area contributed by atoms with Crippen LogP contribution in [0.15, 0.2) is 0 Å². The van der Waals surface area contributed by atoms with Gasteiger partial charge in [-0.1, -0.05) is 6.92 Å². The monoisotopic (exact) mass is 130 g/mol. The third-order valence-electron chi connectivity index (χ3n) is 1.24. The van der Waals surface area contributed by atoms with E-state index in [1.165, 1.54) is 0 Å². The molecule has 0 spiro atoms. The van der Waals surface area contributed by atoms with Crippen molar-refractivity contribution in [1.82, 2.24) is 0 Å². The van der Waals surface area contributed by atoms with Crippen molar-refractivity contribution in [2.24, 2.45) is 5.92 Å². The molecule has 0 N–H and O–H groups in total. The van der Waals surface area contributed by atoms with E-state index in [9.17, 15) is 4.79 Å². The standard InChI is InChI=1S/C7H14O2/c1-7(6-8)4-3-5-9-2/h6-7H,3-5H2,1-2H3/t7-/m0/s1. The zero-order valence-corrected chi connectivity index (χ0v) is 6.09. The summed E-state index contributed by atoms with van der Waals surface area (Å²) in [5.41, 5.74) is 0. The van der Waals surface area contributed by atoms with Crippen molar-refractivity contribution in [3.63, 3.8) is 0 Å². The first-order chi connectivity index (χ1) is 4.31. The van der Waals surface area contributed by atoms with E-state index in [1.807, 2.05) is 6.92 Å². The number of methoxy groups -OCH3 is 1. The summed E-state index contributed by atoms with van der Waals surface area (Å²) in [6.07, 6.45) is 2.91. The van der Waals surface area contributed by atoms with E-state index in [1.54, 1.807) is 7.11 Å². The van der Waals surface area contributed by atoms with E-state index in [0.717, 1.165) is 25.7 Å².